The Morgan fingerprint density at radius 1 is 1.17 bits per heavy atom. The van der Waals surface area contributed by atoms with Gasteiger partial charge in [-0.25, -0.2) is 4.79 Å². The molecular formula is C16H13IN2O5. The zero-order valence-electron chi connectivity index (χ0n) is 12.6. The van der Waals surface area contributed by atoms with Crippen molar-refractivity contribution in [2.75, 3.05) is 11.9 Å². The normalized spacial score (nSPS) is 10.1. The maximum Gasteiger partial charge on any atom is 0.338 e. The van der Waals surface area contributed by atoms with Crippen LogP contribution in [0.3, 0.4) is 0 Å². The molecule has 0 aliphatic heterocycles. The third-order valence-corrected chi connectivity index (χ3v) is 3.72. The number of halogens is 1. The zero-order chi connectivity index (χ0) is 17.7. The molecule has 0 unspecified atom stereocenters. The lowest BCUT2D eigenvalue weighted by Gasteiger charge is -2.07. The minimum atomic E-state index is -0.718. The molecule has 0 saturated heterocycles. The molecule has 2 rings (SSSR count). The van der Waals surface area contributed by atoms with Crippen molar-refractivity contribution in [3.63, 3.8) is 0 Å². The number of carbonyl (C=O) groups excluding carboxylic acids is 2. The number of carbonyl (C=O) groups is 2. The van der Waals surface area contributed by atoms with Gasteiger partial charge in [0.25, 0.3) is 11.6 Å². The van der Waals surface area contributed by atoms with E-state index in [2.05, 4.69) is 27.9 Å². The van der Waals surface area contributed by atoms with Crippen molar-refractivity contribution in [1.82, 2.24) is 0 Å². The molecule has 0 fully saturated rings. The van der Waals surface area contributed by atoms with Gasteiger partial charge in [-0.05, 0) is 59.8 Å². The maximum absolute atomic E-state index is 12.3. The molecule has 0 aromatic heterocycles. The van der Waals surface area contributed by atoms with Crippen molar-refractivity contribution in [1.29, 1.82) is 0 Å². The van der Waals surface area contributed by atoms with Crippen molar-refractivity contribution in [3.8, 4) is 0 Å². The fraction of sp³-hybridized carbons (Fsp3) is 0.125. The summed E-state index contributed by atoms with van der Waals surface area (Å²) in [6.07, 6.45) is 0. The summed E-state index contributed by atoms with van der Waals surface area (Å²) in [7, 11) is 0. The number of amides is 1. The molecule has 0 radical (unpaired) electrons. The molecule has 0 heterocycles. The number of benzene rings is 2. The van der Waals surface area contributed by atoms with Crippen LogP contribution in [0.4, 0.5) is 11.4 Å². The van der Waals surface area contributed by atoms with E-state index in [0.717, 1.165) is 15.7 Å². The van der Waals surface area contributed by atoms with Gasteiger partial charge in [-0.3, -0.25) is 14.9 Å². The second-order valence-corrected chi connectivity index (χ2v) is 5.95. The lowest BCUT2D eigenvalue weighted by molar-refractivity contribution is -0.384. The Morgan fingerprint density at radius 3 is 2.38 bits per heavy atom. The van der Waals surface area contributed by atoms with Crippen molar-refractivity contribution < 1.29 is 19.2 Å². The van der Waals surface area contributed by atoms with Crippen LogP contribution in [-0.4, -0.2) is 23.4 Å². The summed E-state index contributed by atoms with van der Waals surface area (Å²) in [6, 6.07) is 10.5. The number of esters is 1. The summed E-state index contributed by atoms with van der Waals surface area (Å²) in [5.74, 6) is -1.27. The number of nitro benzene ring substituents is 1. The molecule has 0 aliphatic rings. The molecule has 24 heavy (non-hydrogen) atoms. The Bertz CT molecular complexity index is 790. The summed E-state index contributed by atoms with van der Waals surface area (Å²) in [6.45, 7) is 1.76. The Kier molecular flexibility index (Phi) is 5.85. The lowest BCUT2D eigenvalue weighted by atomic mass is 10.1. The number of nitrogens with zero attached hydrogens (tertiary/aromatic N) is 1. The molecule has 0 aliphatic carbocycles. The molecule has 0 atom stereocenters. The van der Waals surface area contributed by atoms with Gasteiger partial charge in [0.2, 0.25) is 0 Å². The SMILES string of the molecule is CCOC(=O)c1cc(C(=O)Nc2ccc(I)cc2)cc([N+](=O)[O-])c1. The van der Waals surface area contributed by atoms with E-state index < -0.39 is 16.8 Å². The van der Waals surface area contributed by atoms with E-state index in [1.54, 1.807) is 19.1 Å². The molecule has 0 spiro atoms. The molecule has 0 bridgehead atoms. The summed E-state index contributed by atoms with van der Waals surface area (Å²) in [4.78, 5) is 34.5. The molecular weight excluding hydrogens is 427 g/mol. The number of ether oxygens (including phenoxy) is 1. The van der Waals surface area contributed by atoms with Gasteiger partial charge in [0.1, 0.15) is 0 Å². The van der Waals surface area contributed by atoms with E-state index in [4.69, 9.17) is 4.74 Å². The lowest BCUT2D eigenvalue weighted by Crippen LogP contribution is -2.14. The molecule has 7 nitrogen and oxygen atoms in total. The van der Waals surface area contributed by atoms with Crippen molar-refractivity contribution in [3.05, 3.63) is 67.3 Å². The van der Waals surface area contributed by atoms with Crippen LogP contribution in [0, 0.1) is 13.7 Å². The first-order valence-corrected chi connectivity index (χ1v) is 8.02. The second kappa shape index (κ2) is 7.86. The van der Waals surface area contributed by atoms with Crippen LogP contribution in [0.15, 0.2) is 42.5 Å². The topological polar surface area (TPSA) is 98.5 Å². The number of hydrogen-bond acceptors (Lipinski definition) is 5. The summed E-state index contributed by atoms with van der Waals surface area (Å²) >= 11 is 2.13. The first-order valence-electron chi connectivity index (χ1n) is 6.94. The number of nitrogens with one attached hydrogen (secondary N) is 1. The van der Waals surface area contributed by atoms with E-state index in [1.165, 1.54) is 6.07 Å². The molecule has 8 heteroatoms. The van der Waals surface area contributed by atoms with Crippen LogP contribution in [0.1, 0.15) is 27.6 Å². The van der Waals surface area contributed by atoms with E-state index in [1.807, 2.05) is 12.1 Å². The fourth-order valence-corrected chi connectivity index (χ4v) is 2.28. The molecule has 124 valence electrons. The number of nitro groups is 1. The minimum absolute atomic E-state index is 0.00537. The van der Waals surface area contributed by atoms with Gasteiger partial charge in [-0.1, -0.05) is 0 Å². The smallest absolute Gasteiger partial charge is 0.338 e. The summed E-state index contributed by atoms with van der Waals surface area (Å²) < 4.78 is 5.84. The third-order valence-electron chi connectivity index (χ3n) is 3.00. The van der Waals surface area contributed by atoms with Crippen LogP contribution in [0.2, 0.25) is 0 Å². The Hall–Kier alpha value is -2.49. The third kappa shape index (κ3) is 4.51. The van der Waals surface area contributed by atoms with Crippen LogP contribution < -0.4 is 5.32 Å². The van der Waals surface area contributed by atoms with Crippen LogP contribution >= 0.6 is 22.6 Å². The van der Waals surface area contributed by atoms with Crippen LogP contribution in [0.25, 0.3) is 0 Å². The van der Waals surface area contributed by atoms with Crippen molar-refractivity contribution in [2.45, 2.75) is 6.92 Å². The van der Waals surface area contributed by atoms with Crippen molar-refractivity contribution in [2.24, 2.45) is 0 Å². The van der Waals surface area contributed by atoms with E-state index in [0.29, 0.717) is 5.69 Å². The average Bonchev–Trinajstić information content (AvgIpc) is 2.56. The fourth-order valence-electron chi connectivity index (χ4n) is 1.92. The number of rotatable bonds is 5. The van der Waals surface area contributed by atoms with Gasteiger partial charge in [-0.15, -0.1) is 0 Å². The van der Waals surface area contributed by atoms with E-state index in [-0.39, 0.29) is 23.4 Å². The Morgan fingerprint density at radius 2 is 1.79 bits per heavy atom. The van der Waals surface area contributed by atoms with Gasteiger partial charge in [0.15, 0.2) is 0 Å². The highest BCUT2D eigenvalue weighted by atomic mass is 127. The molecule has 2 aromatic rings. The average molecular weight is 440 g/mol. The predicted molar refractivity (Wildman–Crippen MR) is 96.2 cm³/mol. The minimum Gasteiger partial charge on any atom is -0.462 e. The van der Waals surface area contributed by atoms with Gasteiger partial charge < -0.3 is 10.1 Å². The highest BCUT2D eigenvalue weighted by Crippen LogP contribution is 2.20. The highest BCUT2D eigenvalue weighted by molar-refractivity contribution is 14.1. The molecule has 0 saturated carbocycles. The van der Waals surface area contributed by atoms with Gasteiger partial charge >= 0.3 is 5.97 Å². The second-order valence-electron chi connectivity index (χ2n) is 4.71. The standard InChI is InChI=1S/C16H13IN2O5/c1-2-24-16(21)11-7-10(8-14(9-11)19(22)23)15(20)18-13-5-3-12(17)4-6-13/h3-9H,2H2,1H3,(H,18,20). The maximum atomic E-state index is 12.3. The summed E-state index contributed by atoms with van der Waals surface area (Å²) in [5.41, 5.74) is 0.155. The number of non-ortho nitro benzene ring substituents is 1. The summed E-state index contributed by atoms with van der Waals surface area (Å²) in [5, 5.41) is 13.7. The Balaban J connectivity index is 2.33. The van der Waals surface area contributed by atoms with Crippen LogP contribution in [-0.2, 0) is 4.74 Å². The van der Waals surface area contributed by atoms with Crippen molar-refractivity contribution >= 4 is 45.8 Å². The quantitative estimate of drug-likeness (QED) is 0.332. The molecule has 1 amide bonds. The first kappa shape index (κ1) is 17.9. The van der Waals surface area contributed by atoms with E-state index in [9.17, 15) is 19.7 Å². The van der Waals surface area contributed by atoms with Gasteiger partial charge in [0.05, 0.1) is 17.1 Å². The van der Waals surface area contributed by atoms with Gasteiger partial charge in [0, 0.05) is 27.0 Å². The largest absolute Gasteiger partial charge is 0.462 e. The number of anilines is 1. The highest BCUT2D eigenvalue weighted by Gasteiger charge is 2.18. The zero-order valence-corrected chi connectivity index (χ0v) is 14.8. The molecule has 1 N–H and O–H groups in total. The number of hydrogen-bond donors (Lipinski definition) is 1. The Labute approximate surface area is 151 Å². The monoisotopic (exact) mass is 440 g/mol. The van der Waals surface area contributed by atoms with Gasteiger partial charge in [-0.2, -0.15) is 0 Å². The van der Waals surface area contributed by atoms with Crippen LogP contribution in [0.5, 0.6) is 0 Å². The predicted octanol–water partition coefficient (Wildman–Crippen LogP) is 3.63. The van der Waals surface area contributed by atoms with E-state index >= 15 is 0 Å². The first-order chi connectivity index (χ1) is 11.4. The molecule has 2 aromatic carbocycles.